The molecule has 0 aliphatic carbocycles. The highest BCUT2D eigenvalue weighted by Crippen LogP contribution is 2.29. The van der Waals surface area contributed by atoms with E-state index in [9.17, 15) is 4.79 Å². The van der Waals surface area contributed by atoms with Crippen molar-refractivity contribution in [3.8, 4) is 0 Å². The molecule has 0 radical (unpaired) electrons. The van der Waals surface area contributed by atoms with E-state index in [-0.39, 0.29) is 0 Å². The van der Waals surface area contributed by atoms with Gasteiger partial charge in [-0.05, 0) is 18.6 Å². The standard InChI is InChI=1S/C12H16ClN3O2/c13-10-4-8(14)3-9(12(15)17)11(10)16-5-7-1-2-18-6-7/h3-4,7,16H,1-2,5-6,14H2,(H2,15,17). The second kappa shape index (κ2) is 5.46. The van der Waals surface area contributed by atoms with Crippen molar-refractivity contribution in [3.63, 3.8) is 0 Å². The van der Waals surface area contributed by atoms with Gasteiger partial charge in [-0.15, -0.1) is 0 Å². The maximum Gasteiger partial charge on any atom is 0.250 e. The molecule has 2 rings (SSSR count). The number of hydrogen-bond donors (Lipinski definition) is 3. The fourth-order valence-electron chi connectivity index (χ4n) is 1.99. The molecule has 18 heavy (non-hydrogen) atoms. The number of nitrogens with one attached hydrogen (secondary N) is 1. The van der Waals surface area contributed by atoms with E-state index >= 15 is 0 Å². The third kappa shape index (κ3) is 2.86. The van der Waals surface area contributed by atoms with Crippen LogP contribution in [-0.2, 0) is 4.74 Å². The van der Waals surface area contributed by atoms with Crippen LogP contribution in [-0.4, -0.2) is 25.7 Å². The third-order valence-electron chi connectivity index (χ3n) is 2.97. The number of carbonyl (C=O) groups excluding carboxylic acids is 1. The number of hydrogen-bond acceptors (Lipinski definition) is 4. The molecule has 1 amide bonds. The number of rotatable bonds is 4. The number of anilines is 2. The Morgan fingerprint density at radius 3 is 2.94 bits per heavy atom. The van der Waals surface area contributed by atoms with E-state index in [2.05, 4.69) is 5.32 Å². The van der Waals surface area contributed by atoms with Crippen LogP contribution in [0, 0.1) is 5.92 Å². The Morgan fingerprint density at radius 1 is 1.56 bits per heavy atom. The highest BCUT2D eigenvalue weighted by Gasteiger charge is 2.18. The van der Waals surface area contributed by atoms with Gasteiger partial charge in [-0.25, -0.2) is 0 Å². The SMILES string of the molecule is NC(=O)c1cc(N)cc(Cl)c1NCC1CCOC1. The molecule has 1 aliphatic heterocycles. The van der Waals surface area contributed by atoms with Crippen LogP contribution >= 0.6 is 11.6 Å². The van der Waals surface area contributed by atoms with Crippen LogP contribution in [0.25, 0.3) is 0 Å². The predicted molar refractivity (Wildman–Crippen MR) is 71.8 cm³/mol. The van der Waals surface area contributed by atoms with Crippen molar-refractivity contribution in [2.24, 2.45) is 11.7 Å². The van der Waals surface area contributed by atoms with Gasteiger partial charge in [0.15, 0.2) is 0 Å². The predicted octanol–water partition coefficient (Wildman–Crippen LogP) is 1.47. The van der Waals surface area contributed by atoms with Gasteiger partial charge in [-0.3, -0.25) is 4.79 Å². The highest BCUT2D eigenvalue weighted by atomic mass is 35.5. The summed E-state index contributed by atoms with van der Waals surface area (Å²) in [5, 5.41) is 3.57. The summed E-state index contributed by atoms with van der Waals surface area (Å²) in [5.74, 6) is -0.117. The molecule has 1 aliphatic rings. The quantitative estimate of drug-likeness (QED) is 0.722. The molecule has 5 N–H and O–H groups in total. The van der Waals surface area contributed by atoms with Crippen LogP contribution < -0.4 is 16.8 Å². The van der Waals surface area contributed by atoms with Gasteiger partial charge >= 0.3 is 0 Å². The van der Waals surface area contributed by atoms with Gasteiger partial charge in [0.25, 0.3) is 5.91 Å². The van der Waals surface area contributed by atoms with Crippen LogP contribution in [0.1, 0.15) is 16.8 Å². The van der Waals surface area contributed by atoms with Gasteiger partial charge < -0.3 is 21.5 Å². The van der Waals surface area contributed by atoms with Crippen molar-refractivity contribution in [2.45, 2.75) is 6.42 Å². The number of benzene rings is 1. The van der Waals surface area contributed by atoms with Crippen molar-refractivity contribution in [1.29, 1.82) is 0 Å². The molecule has 5 nitrogen and oxygen atoms in total. The Hall–Kier alpha value is -1.46. The zero-order chi connectivity index (χ0) is 13.1. The maximum absolute atomic E-state index is 11.4. The highest BCUT2D eigenvalue weighted by molar-refractivity contribution is 6.34. The van der Waals surface area contributed by atoms with Crippen molar-refractivity contribution in [1.82, 2.24) is 0 Å². The van der Waals surface area contributed by atoms with E-state index in [0.717, 1.165) is 19.6 Å². The summed E-state index contributed by atoms with van der Waals surface area (Å²) in [5.41, 5.74) is 12.2. The van der Waals surface area contributed by atoms with Crippen LogP contribution in [0.4, 0.5) is 11.4 Å². The molecule has 0 spiro atoms. The first-order chi connectivity index (χ1) is 8.58. The van der Waals surface area contributed by atoms with E-state index in [1.807, 2.05) is 0 Å². The largest absolute Gasteiger partial charge is 0.399 e. The minimum absolute atomic E-state index is 0.318. The first-order valence-electron chi connectivity index (χ1n) is 5.78. The van der Waals surface area contributed by atoms with Crippen LogP contribution in [0.5, 0.6) is 0 Å². The zero-order valence-electron chi connectivity index (χ0n) is 9.91. The summed E-state index contributed by atoms with van der Waals surface area (Å²) in [6, 6.07) is 3.13. The second-order valence-corrected chi connectivity index (χ2v) is 4.81. The maximum atomic E-state index is 11.4. The molecule has 0 bridgehead atoms. The van der Waals surface area contributed by atoms with Crippen LogP contribution in [0.2, 0.25) is 5.02 Å². The minimum Gasteiger partial charge on any atom is -0.399 e. The zero-order valence-corrected chi connectivity index (χ0v) is 10.7. The number of amides is 1. The number of nitrogens with two attached hydrogens (primary N) is 2. The normalized spacial score (nSPS) is 18.8. The molecule has 0 saturated carbocycles. The Labute approximate surface area is 110 Å². The second-order valence-electron chi connectivity index (χ2n) is 4.40. The summed E-state index contributed by atoms with van der Waals surface area (Å²) in [6.07, 6.45) is 1.01. The summed E-state index contributed by atoms with van der Waals surface area (Å²) in [4.78, 5) is 11.4. The average molecular weight is 270 g/mol. The molecule has 6 heteroatoms. The van der Waals surface area contributed by atoms with Crippen LogP contribution in [0.3, 0.4) is 0 Å². The molecule has 1 unspecified atom stereocenters. The number of carbonyl (C=O) groups is 1. The van der Waals surface area contributed by atoms with Gasteiger partial charge in [-0.1, -0.05) is 11.6 Å². The lowest BCUT2D eigenvalue weighted by molar-refractivity contribution is 0.100. The molecule has 1 fully saturated rings. The van der Waals surface area contributed by atoms with E-state index in [1.165, 1.54) is 6.07 Å². The summed E-state index contributed by atoms with van der Waals surface area (Å²) in [6.45, 7) is 2.21. The van der Waals surface area contributed by atoms with E-state index < -0.39 is 5.91 Å². The summed E-state index contributed by atoms with van der Waals surface area (Å²) >= 11 is 6.08. The lowest BCUT2D eigenvalue weighted by atomic mass is 10.1. The fourth-order valence-corrected chi connectivity index (χ4v) is 2.29. The molecule has 0 aromatic heterocycles. The number of nitrogen functional groups attached to an aromatic ring is 1. The average Bonchev–Trinajstić information content (AvgIpc) is 2.79. The van der Waals surface area contributed by atoms with E-state index in [0.29, 0.717) is 34.4 Å². The number of primary amides is 1. The fraction of sp³-hybridized carbons (Fsp3) is 0.417. The van der Waals surface area contributed by atoms with Gasteiger partial charge in [0.2, 0.25) is 0 Å². The molecule has 1 atom stereocenters. The molecule has 1 saturated heterocycles. The lowest BCUT2D eigenvalue weighted by Crippen LogP contribution is -2.19. The van der Waals surface area contributed by atoms with Crippen molar-refractivity contribution in [3.05, 3.63) is 22.7 Å². The van der Waals surface area contributed by atoms with Gasteiger partial charge in [0.05, 0.1) is 22.9 Å². The lowest BCUT2D eigenvalue weighted by Gasteiger charge is -2.15. The van der Waals surface area contributed by atoms with E-state index in [1.54, 1.807) is 6.07 Å². The molecule has 1 aromatic rings. The molecular formula is C12H16ClN3O2. The van der Waals surface area contributed by atoms with Gasteiger partial charge in [0, 0.05) is 24.8 Å². The molecular weight excluding hydrogens is 254 g/mol. The van der Waals surface area contributed by atoms with Crippen molar-refractivity contribution in [2.75, 3.05) is 30.8 Å². The van der Waals surface area contributed by atoms with E-state index in [4.69, 9.17) is 27.8 Å². The minimum atomic E-state index is -0.547. The Morgan fingerprint density at radius 2 is 2.33 bits per heavy atom. The number of halogens is 1. The third-order valence-corrected chi connectivity index (χ3v) is 3.27. The van der Waals surface area contributed by atoms with Gasteiger partial charge in [0.1, 0.15) is 0 Å². The van der Waals surface area contributed by atoms with Crippen molar-refractivity contribution < 1.29 is 9.53 Å². The van der Waals surface area contributed by atoms with Gasteiger partial charge in [-0.2, -0.15) is 0 Å². The smallest absolute Gasteiger partial charge is 0.250 e. The molecule has 98 valence electrons. The van der Waals surface area contributed by atoms with Crippen molar-refractivity contribution >= 4 is 28.9 Å². The topological polar surface area (TPSA) is 90.4 Å². The Balaban J connectivity index is 2.17. The number of ether oxygens (including phenoxy) is 1. The monoisotopic (exact) mass is 269 g/mol. The molecule has 1 aromatic carbocycles. The first kappa shape index (κ1) is 13.0. The van der Waals surface area contributed by atoms with Crippen LogP contribution in [0.15, 0.2) is 12.1 Å². The Bertz CT molecular complexity index is 459. The first-order valence-corrected chi connectivity index (χ1v) is 6.16. The molecule has 1 heterocycles. The summed E-state index contributed by atoms with van der Waals surface area (Å²) in [7, 11) is 0. The summed E-state index contributed by atoms with van der Waals surface area (Å²) < 4.78 is 5.29. The Kier molecular flexibility index (Phi) is 3.93.